The van der Waals surface area contributed by atoms with Gasteiger partial charge in [-0.2, -0.15) is 0 Å². The number of aliphatic carboxylic acids is 1. The maximum atomic E-state index is 13.6. The summed E-state index contributed by atoms with van der Waals surface area (Å²) < 4.78 is 19.2. The molecule has 0 bridgehead atoms. The number of fused-ring (bicyclic) bond motifs is 3. The lowest BCUT2D eigenvalue weighted by molar-refractivity contribution is -0.136. The highest BCUT2D eigenvalue weighted by molar-refractivity contribution is 6.31. The molecule has 0 fully saturated rings. The van der Waals surface area contributed by atoms with Gasteiger partial charge in [-0.15, -0.1) is 0 Å². The Morgan fingerprint density at radius 2 is 2.05 bits per heavy atom. The predicted molar refractivity (Wildman–Crippen MR) is 70.0 cm³/mol. The van der Waals surface area contributed by atoms with Gasteiger partial charge in [0.15, 0.2) is 0 Å². The Labute approximate surface area is 112 Å². The fourth-order valence-electron chi connectivity index (χ4n) is 2.18. The molecular formula is C14H8ClFO3. The second-order valence-corrected chi connectivity index (χ2v) is 4.69. The fourth-order valence-corrected chi connectivity index (χ4v) is 2.34. The standard InChI is InChI=1S/C14H8ClFO3/c15-8-1-2-10-11-6-9(16)3-7(4-13(17)18)14(11)19-12(10)5-8/h1-3,5-6H,4H2,(H,17,18). The second kappa shape index (κ2) is 4.24. The monoisotopic (exact) mass is 278 g/mol. The van der Waals surface area contributed by atoms with Gasteiger partial charge in [-0.3, -0.25) is 4.79 Å². The zero-order chi connectivity index (χ0) is 13.6. The molecule has 3 nitrogen and oxygen atoms in total. The number of halogens is 2. The van der Waals surface area contributed by atoms with E-state index in [0.29, 0.717) is 32.5 Å². The largest absolute Gasteiger partial charge is 0.481 e. The Balaban J connectivity index is 2.38. The van der Waals surface area contributed by atoms with Gasteiger partial charge in [0, 0.05) is 27.4 Å². The van der Waals surface area contributed by atoms with Gasteiger partial charge in [0.2, 0.25) is 0 Å². The van der Waals surface area contributed by atoms with Gasteiger partial charge in [0.1, 0.15) is 17.0 Å². The summed E-state index contributed by atoms with van der Waals surface area (Å²) in [6.07, 6.45) is -0.290. The maximum Gasteiger partial charge on any atom is 0.307 e. The van der Waals surface area contributed by atoms with E-state index < -0.39 is 11.8 Å². The highest BCUT2D eigenvalue weighted by Gasteiger charge is 2.15. The van der Waals surface area contributed by atoms with Crippen LogP contribution in [0.25, 0.3) is 21.9 Å². The van der Waals surface area contributed by atoms with Crippen molar-refractivity contribution in [3.63, 3.8) is 0 Å². The molecule has 1 heterocycles. The summed E-state index contributed by atoms with van der Waals surface area (Å²) in [5, 5.41) is 10.6. The van der Waals surface area contributed by atoms with E-state index in [2.05, 4.69) is 0 Å². The van der Waals surface area contributed by atoms with Crippen LogP contribution in [0.5, 0.6) is 0 Å². The van der Waals surface area contributed by atoms with Gasteiger partial charge in [0.05, 0.1) is 6.42 Å². The second-order valence-electron chi connectivity index (χ2n) is 4.25. The van der Waals surface area contributed by atoms with Gasteiger partial charge >= 0.3 is 5.97 Å². The summed E-state index contributed by atoms with van der Waals surface area (Å²) in [4.78, 5) is 10.8. The lowest BCUT2D eigenvalue weighted by Gasteiger charge is -1.99. The van der Waals surface area contributed by atoms with Crippen molar-refractivity contribution in [2.75, 3.05) is 0 Å². The number of benzene rings is 2. The SMILES string of the molecule is O=C(O)Cc1cc(F)cc2c1oc1cc(Cl)ccc12. The van der Waals surface area contributed by atoms with Crippen molar-refractivity contribution in [2.45, 2.75) is 6.42 Å². The Hall–Kier alpha value is -2.07. The van der Waals surface area contributed by atoms with Crippen LogP contribution < -0.4 is 0 Å². The molecule has 5 heteroatoms. The number of rotatable bonds is 2. The van der Waals surface area contributed by atoms with E-state index >= 15 is 0 Å². The first kappa shape index (κ1) is 12.0. The third-order valence-electron chi connectivity index (χ3n) is 2.92. The molecule has 3 rings (SSSR count). The summed E-state index contributed by atoms with van der Waals surface area (Å²) in [6, 6.07) is 7.55. The van der Waals surface area contributed by atoms with Crippen LogP contribution in [0, 0.1) is 5.82 Å². The first-order valence-corrected chi connectivity index (χ1v) is 5.94. The quantitative estimate of drug-likeness (QED) is 0.770. The van der Waals surface area contributed by atoms with Crippen LogP contribution in [-0.2, 0) is 11.2 Å². The Kier molecular flexibility index (Phi) is 2.68. The van der Waals surface area contributed by atoms with E-state index in [9.17, 15) is 9.18 Å². The third kappa shape index (κ3) is 2.04. The lowest BCUT2D eigenvalue weighted by atomic mass is 10.1. The molecule has 0 saturated heterocycles. The Bertz CT molecular complexity index is 807. The number of carboxylic acids is 1. The van der Waals surface area contributed by atoms with Gasteiger partial charge < -0.3 is 9.52 Å². The zero-order valence-electron chi connectivity index (χ0n) is 9.61. The fraction of sp³-hybridized carbons (Fsp3) is 0.0714. The van der Waals surface area contributed by atoms with Crippen molar-refractivity contribution in [2.24, 2.45) is 0 Å². The van der Waals surface area contributed by atoms with Crippen molar-refractivity contribution in [3.05, 3.63) is 46.7 Å². The number of furan rings is 1. The molecule has 0 spiro atoms. The molecule has 3 aromatic rings. The molecule has 0 saturated carbocycles. The summed E-state index contributed by atoms with van der Waals surface area (Å²) in [7, 11) is 0. The minimum absolute atomic E-state index is 0.290. The molecule has 0 aliphatic carbocycles. The van der Waals surface area contributed by atoms with Crippen molar-refractivity contribution in [3.8, 4) is 0 Å². The number of carboxylic acid groups (broad SMARTS) is 1. The van der Waals surface area contributed by atoms with Crippen molar-refractivity contribution >= 4 is 39.5 Å². The van der Waals surface area contributed by atoms with Crippen LogP contribution in [0.3, 0.4) is 0 Å². The minimum Gasteiger partial charge on any atom is -0.481 e. The molecule has 1 N–H and O–H groups in total. The molecule has 0 atom stereocenters. The van der Waals surface area contributed by atoms with Gasteiger partial charge in [-0.25, -0.2) is 4.39 Å². The average molecular weight is 279 g/mol. The molecule has 0 unspecified atom stereocenters. The molecular weight excluding hydrogens is 271 g/mol. The predicted octanol–water partition coefficient (Wildman–Crippen LogP) is 4.01. The van der Waals surface area contributed by atoms with Crippen LogP contribution >= 0.6 is 11.6 Å². The summed E-state index contributed by atoms with van der Waals surface area (Å²) in [5.74, 6) is -1.52. The normalized spacial score (nSPS) is 11.3. The van der Waals surface area contributed by atoms with Gasteiger partial charge in [-0.1, -0.05) is 11.6 Å². The number of carbonyl (C=O) groups is 1. The molecule has 0 aliphatic heterocycles. The van der Waals surface area contributed by atoms with Crippen LogP contribution in [0.15, 0.2) is 34.7 Å². The smallest absolute Gasteiger partial charge is 0.307 e. The maximum absolute atomic E-state index is 13.6. The highest BCUT2D eigenvalue weighted by Crippen LogP contribution is 2.33. The van der Waals surface area contributed by atoms with E-state index in [1.807, 2.05) is 0 Å². The lowest BCUT2D eigenvalue weighted by Crippen LogP contribution is -2.00. The van der Waals surface area contributed by atoms with Crippen LogP contribution in [0.2, 0.25) is 5.02 Å². The van der Waals surface area contributed by atoms with E-state index in [0.717, 1.165) is 0 Å². The summed E-state index contributed by atoms with van der Waals surface area (Å²) in [6.45, 7) is 0. The van der Waals surface area contributed by atoms with E-state index in [1.165, 1.54) is 12.1 Å². The molecule has 1 aromatic heterocycles. The Morgan fingerprint density at radius 3 is 2.79 bits per heavy atom. The minimum atomic E-state index is -1.04. The molecule has 19 heavy (non-hydrogen) atoms. The topological polar surface area (TPSA) is 50.4 Å². The highest BCUT2D eigenvalue weighted by atomic mass is 35.5. The number of hydrogen-bond donors (Lipinski definition) is 1. The Morgan fingerprint density at radius 1 is 1.26 bits per heavy atom. The van der Waals surface area contributed by atoms with Crippen LogP contribution in [-0.4, -0.2) is 11.1 Å². The van der Waals surface area contributed by atoms with Crippen molar-refractivity contribution in [1.29, 1.82) is 0 Å². The third-order valence-corrected chi connectivity index (χ3v) is 3.15. The van der Waals surface area contributed by atoms with Gasteiger partial charge in [-0.05, 0) is 24.3 Å². The molecule has 0 amide bonds. The molecule has 0 radical (unpaired) electrons. The molecule has 0 aliphatic rings. The average Bonchev–Trinajstić information content (AvgIpc) is 2.66. The van der Waals surface area contributed by atoms with Crippen molar-refractivity contribution < 1.29 is 18.7 Å². The van der Waals surface area contributed by atoms with Crippen molar-refractivity contribution in [1.82, 2.24) is 0 Å². The van der Waals surface area contributed by atoms with Gasteiger partial charge in [0.25, 0.3) is 0 Å². The van der Waals surface area contributed by atoms with Crippen LogP contribution in [0.4, 0.5) is 4.39 Å². The van der Waals surface area contributed by atoms with E-state index in [1.54, 1.807) is 18.2 Å². The molecule has 96 valence electrons. The van der Waals surface area contributed by atoms with E-state index in [-0.39, 0.29) is 6.42 Å². The first-order chi connectivity index (χ1) is 9.04. The van der Waals surface area contributed by atoms with Crippen LogP contribution in [0.1, 0.15) is 5.56 Å². The first-order valence-electron chi connectivity index (χ1n) is 5.56. The molecule has 2 aromatic carbocycles. The van der Waals surface area contributed by atoms with E-state index in [4.69, 9.17) is 21.1 Å². The summed E-state index contributed by atoms with van der Waals surface area (Å²) >= 11 is 5.87. The zero-order valence-corrected chi connectivity index (χ0v) is 10.4. The summed E-state index contributed by atoms with van der Waals surface area (Å²) in [5.41, 5.74) is 1.22. The number of hydrogen-bond acceptors (Lipinski definition) is 2.